The average molecular weight is 306 g/mol. The molecule has 0 aromatic carbocycles. The molecule has 15 heavy (non-hydrogen) atoms. The van der Waals surface area contributed by atoms with E-state index in [-0.39, 0.29) is 6.04 Å². The average Bonchev–Trinajstić information content (AvgIpc) is 2.76. The van der Waals surface area contributed by atoms with Crippen LogP contribution in [0.25, 0.3) is 0 Å². The number of thioether (sulfide) groups is 1. The second-order valence-electron chi connectivity index (χ2n) is 4.28. The first-order valence-corrected chi connectivity index (χ1v) is 7.83. The minimum absolute atomic E-state index is 0.288. The summed E-state index contributed by atoms with van der Waals surface area (Å²) < 4.78 is 1.50. The summed E-state index contributed by atoms with van der Waals surface area (Å²) in [7, 11) is 0. The van der Waals surface area contributed by atoms with Gasteiger partial charge in [0.05, 0.1) is 3.79 Å². The Morgan fingerprint density at radius 3 is 2.93 bits per heavy atom. The molecule has 0 amide bonds. The SMILES string of the molecule is CC1(C(N)Cc2ccc(Br)s2)CCCS1. The molecular weight excluding hydrogens is 290 g/mol. The van der Waals surface area contributed by atoms with E-state index in [1.54, 1.807) is 11.3 Å². The second-order valence-corrected chi connectivity index (χ2v) is 8.46. The predicted molar refractivity (Wildman–Crippen MR) is 73.8 cm³/mol. The molecule has 2 heterocycles. The molecule has 1 saturated heterocycles. The zero-order chi connectivity index (χ0) is 10.9. The fraction of sp³-hybridized carbons (Fsp3) is 0.636. The summed E-state index contributed by atoms with van der Waals surface area (Å²) in [4.78, 5) is 1.39. The van der Waals surface area contributed by atoms with Crippen LogP contribution in [0.15, 0.2) is 15.9 Å². The fourth-order valence-electron chi connectivity index (χ4n) is 1.99. The molecule has 4 heteroatoms. The molecule has 0 spiro atoms. The first kappa shape index (κ1) is 12.0. The van der Waals surface area contributed by atoms with Gasteiger partial charge in [-0.15, -0.1) is 11.3 Å². The normalized spacial score (nSPS) is 28.2. The highest BCUT2D eigenvalue weighted by Crippen LogP contribution is 2.41. The number of halogens is 1. The summed E-state index contributed by atoms with van der Waals surface area (Å²) in [6, 6.07) is 4.57. The maximum atomic E-state index is 6.33. The van der Waals surface area contributed by atoms with Gasteiger partial charge in [0.2, 0.25) is 0 Å². The molecule has 0 aliphatic carbocycles. The topological polar surface area (TPSA) is 26.0 Å². The van der Waals surface area contributed by atoms with E-state index in [2.05, 4.69) is 35.0 Å². The predicted octanol–water partition coefficient (Wildman–Crippen LogP) is 3.67. The maximum absolute atomic E-state index is 6.33. The van der Waals surface area contributed by atoms with Crippen LogP contribution in [-0.4, -0.2) is 16.5 Å². The highest BCUT2D eigenvalue weighted by atomic mass is 79.9. The molecule has 2 atom stereocenters. The van der Waals surface area contributed by atoms with Gasteiger partial charge in [-0.05, 0) is 60.0 Å². The molecule has 1 aliphatic heterocycles. The number of nitrogens with two attached hydrogens (primary N) is 1. The molecule has 0 saturated carbocycles. The Labute approximate surface area is 108 Å². The van der Waals surface area contributed by atoms with E-state index in [1.807, 2.05) is 11.8 Å². The maximum Gasteiger partial charge on any atom is 0.0701 e. The van der Waals surface area contributed by atoms with Crippen molar-refractivity contribution in [2.45, 2.75) is 37.0 Å². The first-order valence-electron chi connectivity index (χ1n) is 5.24. The minimum atomic E-state index is 0.288. The van der Waals surface area contributed by atoms with Gasteiger partial charge in [0.1, 0.15) is 0 Å². The van der Waals surface area contributed by atoms with Crippen LogP contribution in [0, 0.1) is 0 Å². The van der Waals surface area contributed by atoms with Crippen LogP contribution in [0.5, 0.6) is 0 Å². The molecule has 2 rings (SSSR count). The Hall–Kier alpha value is 0.490. The van der Waals surface area contributed by atoms with E-state index < -0.39 is 0 Å². The summed E-state index contributed by atoms with van der Waals surface area (Å²) >= 11 is 7.34. The summed E-state index contributed by atoms with van der Waals surface area (Å²) in [5, 5.41) is 0. The van der Waals surface area contributed by atoms with Crippen molar-refractivity contribution in [2.24, 2.45) is 5.73 Å². The summed E-state index contributed by atoms with van der Waals surface area (Å²) in [5.41, 5.74) is 6.33. The van der Waals surface area contributed by atoms with Gasteiger partial charge in [-0.2, -0.15) is 11.8 Å². The zero-order valence-electron chi connectivity index (χ0n) is 8.83. The molecule has 2 N–H and O–H groups in total. The Kier molecular flexibility index (Phi) is 3.81. The van der Waals surface area contributed by atoms with E-state index in [0.29, 0.717) is 4.75 Å². The Bertz CT molecular complexity index is 331. The summed E-state index contributed by atoms with van der Waals surface area (Å²) in [6.07, 6.45) is 3.61. The Balaban J connectivity index is 1.99. The number of hydrogen-bond donors (Lipinski definition) is 1. The standard InChI is InChI=1S/C11H16BrNS2/c1-11(5-2-6-14-11)9(13)7-8-3-4-10(12)15-8/h3-4,9H,2,5-7,13H2,1H3. The van der Waals surface area contributed by atoms with Gasteiger partial charge in [0, 0.05) is 15.7 Å². The van der Waals surface area contributed by atoms with Crippen molar-refractivity contribution >= 4 is 39.0 Å². The lowest BCUT2D eigenvalue weighted by atomic mass is 9.94. The molecular formula is C11H16BrNS2. The smallest absolute Gasteiger partial charge is 0.0701 e. The van der Waals surface area contributed by atoms with Crippen LogP contribution in [0.2, 0.25) is 0 Å². The van der Waals surface area contributed by atoms with Gasteiger partial charge in [0.15, 0.2) is 0 Å². The van der Waals surface area contributed by atoms with Crippen molar-refractivity contribution in [3.8, 4) is 0 Å². The molecule has 1 fully saturated rings. The van der Waals surface area contributed by atoms with Crippen LogP contribution >= 0.6 is 39.0 Å². The van der Waals surface area contributed by atoms with Gasteiger partial charge in [-0.3, -0.25) is 0 Å². The minimum Gasteiger partial charge on any atom is -0.326 e. The molecule has 0 radical (unpaired) electrons. The lowest BCUT2D eigenvalue weighted by Gasteiger charge is -2.29. The van der Waals surface area contributed by atoms with Gasteiger partial charge in [0.25, 0.3) is 0 Å². The van der Waals surface area contributed by atoms with Crippen LogP contribution < -0.4 is 5.73 Å². The second kappa shape index (κ2) is 4.78. The van der Waals surface area contributed by atoms with E-state index >= 15 is 0 Å². The highest BCUT2D eigenvalue weighted by Gasteiger charge is 2.35. The van der Waals surface area contributed by atoms with E-state index in [1.165, 1.54) is 27.3 Å². The van der Waals surface area contributed by atoms with Gasteiger partial charge < -0.3 is 5.73 Å². The number of rotatable bonds is 3. The molecule has 1 aliphatic rings. The molecule has 1 aromatic heterocycles. The van der Waals surface area contributed by atoms with Crippen molar-refractivity contribution in [2.75, 3.05) is 5.75 Å². The Morgan fingerprint density at radius 1 is 1.60 bits per heavy atom. The number of hydrogen-bond acceptors (Lipinski definition) is 3. The van der Waals surface area contributed by atoms with Crippen molar-refractivity contribution in [1.29, 1.82) is 0 Å². The summed E-state index contributed by atoms with van der Waals surface area (Å²) in [6.45, 7) is 2.32. The third kappa shape index (κ3) is 2.78. The van der Waals surface area contributed by atoms with E-state index in [4.69, 9.17) is 5.73 Å². The van der Waals surface area contributed by atoms with Crippen molar-refractivity contribution in [3.05, 3.63) is 20.8 Å². The van der Waals surface area contributed by atoms with Gasteiger partial charge >= 0.3 is 0 Å². The van der Waals surface area contributed by atoms with Crippen LogP contribution in [0.4, 0.5) is 0 Å². The quantitative estimate of drug-likeness (QED) is 0.922. The lowest BCUT2D eigenvalue weighted by molar-refractivity contribution is 0.484. The lowest BCUT2D eigenvalue weighted by Crippen LogP contribution is -2.42. The van der Waals surface area contributed by atoms with Crippen molar-refractivity contribution < 1.29 is 0 Å². The van der Waals surface area contributed by atoms with Crippen molar-refractivity contribution in [3.63, 3.8) is 0 Å². The van der Waals surface area contributed by atoms with Crippen LogP contribution in [0.1, 0.15) is 24.6 Å². The van der Waals surface area contributed by atoms with E-state index in [9.17, 15) is 0 Å². The monoisotopic (exact) mass is 305 g/mol. The first-order chi connectivity index (χ1) is 7.10. The zero-order valence-corrected chi connectivity index (χ0v) is 12.1. The number of thiophene rings is 1. The third-order valence-corrected chi connectivity index (χ3v) is 6.39. The van der Waals surface area contributed by atoms with Gasteiger partial charge in [-0.25, -0.2) is 0 Å². The van der Waals surface area contributed by atoms with Gasteiger partial charge in [-0.1, -0.05) is 0 Å². The molecule has 84 valence electrons. The molecule has 0 bridgehead atoms. The Morgan fingerprint density at radius 2 is 2.40 bits per heavy atom. The van der Waals surface area contributed by atoms with Crippen LogP contribution in [-0.2, 0) is 6.42 Å². The fourth-order valence-corrected chi connectivity index (χ4v) is 4.87. The largest absolute Gasteiger partial charge is 0.326 e. The van der Waals surface area contributed by atoms with E-state index in [0.717, 1.165) is 6.42 Å². The highest BCUT2D eigenvalue weighted by molar-refractivity contribution is 9.11. The third-order valence-electron chi connectivity index (χ3n) is 3.08. The molecule has 1 nitrogen and oxygen atoms in total. The molecule has 2 unspecified atom stereocenters. The molecule has 1 aromatic rings. The van der Waals surface area contributed by atoms with Crippen molar-refractivity contribution in [1.82, 2.24) is 0 Å². The summed E-state index contributed by atoms with van der Waals surface area (Å²) in [5.74, 6) is 1.28. The van der Waals surface area contributed by atoms with Crippen LogP contribution in [0.3, 0.4) is 0 Å².